The van der Waals surface area contributed by atoms with Crippen LogP contribution in [0, 0.1) is 0 Å². The quantitative estimate of drug-likeness (QED) is 0.701. The van der Waals surface area contributed by atoms with Crippen molar-refractivity contribution in [3.63, 3.8) is 0 Å². The minimum absolute atomic E-state index is 0.0396. The molecule has 1 saturated heterocycles. The number of hydrogen-bond acceptors (Lipinski definition) is 5. The molecule has 8 nitrogen and oxygen atoms in total. The van der Waals surface area contributed by atoms with E-state index in [-0.39, 0.29) is 17.6 Å². The fourth-order valence-electron chi connectivity index (χ4n) is 4.03. The Bertz CT molecular complexity index is 1150. The number of fused-ring (bicyclic) bond motifs is 1. The molecule has 0 spiro atoms. The summed E-state index contributed by atoms with van der Waals surface area (Å²) in [6.45, 7) is 4.63. The number of amides is 2. The van der Waals surface area contributed by atoms with Gasteiger partial charge in [-0.25, -0.2) is 9.78 Å². The van der Waals surface area contributed by atoms with Crippen LogP contribution in [-0.2, 0) is 7.05 Å². The molecule has 1 atom stereocenters. The van der Waals surface area contributed by atoms with Crippen molar-refractivity contribution in [2.45, 2.75) is 13.0 Å². The van der Waals surface area contributed by atoms with Gasteiger partial charge in [0.2, 0.25) is 0 Å². The van der Waals surface area contributed by atoms with Crippen LogP contribution in [0.3, 0.4) is 0 Å². The van der Waals surface area contributed by atoms with E-state index < -0.39 is 0 Å². The van der Waals surface area contributed by atoms with Gasteiger partial charge in [-0.2, -0.15) is 0 Å². The maximum atomic E-state index is 12.7. The summed E-state index contributed by atoms with van der Waals surface area (Å²) >= 11 is 0. The topological polar surface area (TPSA) is 79.7 Å². The van der Waals surface area contributed by atoms with Gasteiger partial charge in [-0.05, 0) is 31.2 Å². The third-order valence-corrected chi connectivity index (χ3v) is 5.89. The molecule has 1 fully saturated rings. The SMILES string of the molecule is COc1ccccc1NC(=O)N1CCN([C@H](C)c2nc3ccccc3c(=O)n2C)CC1. The Balaban J connectivity index is 1.44. The van der Waals surface area contributed by atoms with Crippen molar-refractivity contribution >= 4 is 22.6 Å². The van der Waals surface area contributed by atoms with E-state index in [0.717, 1.165) is 5.82 Å². The number of rotatable bonds is 4. The zero-order chi connectivity index (χ0) is 22.0. The number of carbonyl (C=O) groups is 1. The summed E-state index contributed by atoms with van der Waals surface area (Å²) in [6.07, 6.45) is 0. The highest BCUT2D eigenvalue weighted by molar-refractivity contribution is 5.91. The average molecular weight is 422 g/mol. The lowest BCUT2D eigenvalue weighted by atomic mass is 10.2. The minimum Gasteiger partial charge on any atom is -0.495 e. The Morgan fingerprint density at radius 3 is 2.48 bits per heavy atom. The van der Waals surface area contributed by atoms with Gasteiger partial charge in [0.05, 0.1) is 29.7 Å². The summed E-state index contributed by atoms with van der Waals surface area (Å²) in [5.74, 6) is 1.36. The maximum absolute atomic E-state index is 12.7. The number of urea groups is 1. The second-order valence-electron chi connectivity index (χ2n) is 7.68. The zero-order valence-corrected chi connectivity index (χ0v) is 18.0. The van der Waals surface area contributed by atoms with Crippen molar-refractivity contribution in [1.82, 2.24) is 19.4 Å². The van der Waals surface area contributed by atoms with Crippen LogP contribution in [0.2, 0.25) is 0 Å². The van der Waals surface area contributed by atoms with Gasteiger partial charge < -0.3 is 15.0 Å². The first-order valence-electron chi connectivity index (χ1n) is 10.4. The molecule has 0 radical (unpaired) electrons. The molecule has 1 N–H and O–H groups in total. The molecule has 0 saturated carbocycles. The number of benzene rings is 2. The standard InChI is InChI=1S/C23H27N5O3/c1-16(21-24-18-9-5-4-8-17(18)22(29)26(21)2)27-12-14-28(15-13-27)23(30)25-19-10-6-7-11-20(19)31-3/h4-11,16H,12-15H2,1-3H3,(H,25,30)/t16-/m1/s1. The Morgan fingerprint density at radius 2 is 1.74 bits per heavy atom. The number of methoxy groups -OCH3 is 1. The zero-order valence-electron chi connectivity index (χ0n) is 18.0. The lowest BCUT2D eigenvalue weighted by Gasteiger charge is -2.38. The number of hydrogen-bond donors (Lipinski definition) is 1. The molecule has 31 heavy (non-hydrogen) atoms. The number of aromatic nitrogens is 2. The number of para-hydroxylation sites is 3. The number of carbonyl (C=O) groups excluding carboxylic acids is 1. The Kier molecular flexibility index (Phi) is 5.90. The van der Waals surface area contributed by atoms with Crippen molar-refractivity contribution in [3.05, 3.63) is 64.7 Å². The molecule has 1 aliphatic rings. The molecular weight excluding hydrogens is 394 g/mol. The van der Waals surface area contributed by atoms with Crippen LogP contribution >= 0.6 is 0 Å². The minimum atomic E-state index is -0.145. The monoisotopic (exact) mass is 421 g/mol. The molecule has 8 heteroatoms. The molecule has 2 amide bonds. The van der Waals surface area contributed by atoms with Gasteiger partial charge in [0, 0.05) is 33.2 Å². The molecule has 3 aromatic rings. The van der Waals surface area contributed by atoms with Crippen LogP contribution in [0.5, 0.6) is 5.75 Å². The van der Waals surface area contributed by atoms with Crippen LogP contribution in [0.15, 0.2) is 53.3 Å². The van der Waals surface area contributed by atoms with Gasteiger partial charge in [0.25, 0.3) is 5.56 Å². The normalized spacial score (nSPS) is 15.6. The third kappa shape index (κ3) is 4.11. The van der Waals surface area contributed by atoms with Crippen molar-refractivity contribution in [2.75, 3.05) is 38.6 Å². The van der Waals surface area contributed by atoms with Crippen LogP contribution in [0.1, 0.15) is 18.8 Å². The molecule has 162 valence electrons. The molecule has 2 aromatic carbocycles. The van der Waals surface area contributed by atoms with E-state index in [4.69, 9.17) is 9.72 Å². The lowest BCUT2D eigenvalue weighted by Crippen LogP contribution is -2.51. The summed E-state index contributed by atoms with van der Waals surface area (Å²) in [5.41, 5.74) is 1.32. The highest BCUT2D eigenvalue weighted by Gasteiger charge is 2.27. The molecule has 0 bridgehead atoms. The second kappa shape index (κ2) is 8.77. The first kappa shape index (κ1) is 20.9. The van der Waals surface area contributed by atoms with E-state index in [1.165, 1.54) is 0 Å². The summed E-state index contributed by atoms with van der Waals surface area (Å²) in [7, 11) is 3.35. The van der Waals surface area contributed by atoms with Crippen molar-refractivity contribution < 1.29 is 9.53 Å². The predicted molar refractivity (Wildman–Crippen MR) is 121 cm³/mol. The van der Waals surface area contributed by atoms with Crippen molar-refractivity contribution in [3.8, 4) is 5.75 Å². The third-order valence-electron chi connectivity index (χ3n) is 5.89. The van der Waals surface area contributed by atoms with Crippen LogP contribution in [-0.4, -0.2) is 58.7 Å². The maximum Gasteiger partial charge on any atom is 0.322 e. The lowest BCUT2D eigenvalue weighted by molar-refractivity contribution is 0.114. The number of anilines is 1. The summed E-state index contributed by atoms with van der Waals surface area (Å²) in [4.78, 5) is 34.2. The van der Waals surface area contributed by atoms with Crippen molar-refractivity contribution in [1.29, 1.82) is 0 Å². The highest BCUT2D eigenvalue weighted by Crippen LogP contribution is 2.24. The fourth-order valence-corrected chi connectivity index (χ4v) is 4.03. The Morgan fingerprint density at radius 1 is 1.06 bits per heavy atom. The number of nitrogens with one attached hydrogen (secondary N) is 1. The number of nitrogens with zero attached hydrogens (tertiary/aromatic N) is 4. The van der Waals surface area contributed by atoms with E-state index in [1.807, 2.05) is 42.5 Å². The molecule has 4 rings (SSSR count). The summed E-state index contributed by atoms with van der Waals surface area (Å²) in [6, 6.07) is 14.6. The first-order chi connectivity index (χ1) is 15.0. The fraction of sp³-hybridized carbons (Fsp3) is 0.348. The Labute approximate surface area is 181 Å². The molecule has 0 aliphatic carbocycles. The predicted octanol–water partition coefficient (Wildman–Crippen LogP) is 2.85. The molecule has 1 aromatic heterocycles. The number of piperazine rings is 1. The van der Waals surface area contributed by atoms with Gasteiger partial charge in [0.1, 0.15) is 11.6 Å². The van der Waals surface area contributed by atoms with Crippen LogP contribution in [0.4, 0.5) is 10.5 Å². The van der Waals surface area contributed by atoms with E-state index >= 15 is 0 Å². The van der Waals surface area contributed by atoms with Crippen LogP contribution in [0.25, 0.3) is 10.9 Å². The molecule has 2 heterocycles. The van der Waals surface area contributed by atoms with E-state index in [0.29, 0.717) is 48.5 Å². The van der Waals surface area contributed by atoms with E-state index in [9.17, 15) is 9.59 Å². The molecule has 0 unspecified atom stereocenters. The van der Waals surface area contributed by atoms with Gasteiger partial charge in [0.15, 0.2) is 0 Å². The van der Waals surface area contributed by atoms with Gasteiger partial charge in [-0.3, -0.25) is 14.3 Å². The average Bonchev–Trinajstić information content (AvgIpc) is 2.81. The highest BCUT2D eigenvalue weighted by atomic mass is 16.5. The molecule has 1 aliphatic heterocycles. The van der Waals surface area contributed by atoms with Crippen LogP contribution < -0.4 is 15.6 Å². The number of ether oxygens (including phenoxy) is 1. The molecular formula is C23H27N5O3. The van der Waals surface area contributed by atoms with Gasteiger partial charge in [-0.15, -0.1) is 0 Å². The van der Waals surface area contributed by atoms with Crippen molar-refractivity contribution in [2.24, 2.45) is 7.05 Å². The first-order valence-corrected chi connectivity index (χ1v) is 10.4. The van der Waals surface area contributed by atoms with Gasteiger partial charge >= 0.3 is 6.03 Å². The summed E-state index contributed by atoms with van der Waals surface area (Å²) < 4.78 is 6.94. The van der Waals surface area contributed by atoms with E-state index in [1.54, 1.807) is 29.7 Å². The van der Waals surface area contributed by atoms with E-state index in [2.05, 4.69) is 17.1 Å². The van der Waals surface area contributed by atoms with Gasteiger partial charge in [-0.1, -0.05) is 24.3 Å². The smallest absolute Gasteiger partial charge is 0.322 e. The second-order valence-corrected chi connectivity index (χ2v) is 7.68. The largest absolute Gasteiger partial charge is 0.495 e. The Hall–Kier alpha value is -3.39. The summed E-state index contributed by atoms with van der Waals surface area (Å²) in [5, 5.41) is 3.55.